The van der Waals surface area contributed by atoms with Gasteiger partial charge in [0.05, 0.1) is 16.8 Å². The van der Waals surface area contributed by atoms with Gasteiger partial charge < -0.3 is 15.5 Å². The Bertz CT molecular complexity index is 1310. The highest BCUT2D eigenvalue weighted by molar-refractivity contribution is 7.89. The molecule has 1 aromatic heterocycles. The Kier molecular flexibility index (Phi) is 7.46. The summed E-state index contributed by atoms with van der Waals surface area (Å²) in [7, 11) is -3.29. The van der Waals surface area contributed by atoms with Gasteiger partial charge in [-0.3, -0.25) is 4.79 Å². The molecule has 36 heavy (non-hydrogen) atoms. The molecule has 1 aliphatic heterocycles. The highest BCUT2D eigenvalue weighted by Gasteiger charge is 2.30. The number of nitrogens with zero attached hydrogens (tertiary/aromatic N) is 1. The number of rotatable bonds is 10. The summed E-state index contributed by atoms with van der Waals surface area (Å²) < 4.78 is 33.1. The Morgan fingerprint density at radius 2 is 1.81 bits per heavy atom. The number of primary amides is 1. The molecule has 0 spiro atoms. The summed E-state index contributed by atoms with van der Waals surface area (Å²) in [4.78, 5) is 15.5. The summed E-state index contributed by atoms with van der Waals surface area (Å²) in [6, 6.07) is 13.9. The number of piperidine rings is 1. The lowest BCUT2D eigenvalue weighted by Crippen LogP contribution is -2.39. The number of aromatic amines is 1. The number of hydrogen-bond donors (Lipinski definition) is 2. The molecule has 1 saturated heterocycles. The van der Waals surface area contributed by atoms with Crippen LogP contribution in [-0.2, 0) is 14.8 Å². The van der Waals surface area contributed by atoms with Gasteiger partial charge in [0.15, 0.2) is 0 Å². The molecule has 1 saturated carbocycles. The molecular formula is C28H35N3O4S. The number of amides is 1. The highest BCUT2D eigenvalue weighted by atomic mass is 32.2. The molecule has 3 N–H and O–H groups in total. The minimum Gasteiger partial charge on any atom is -0.381 e. The molecule has 7 nitrogen and oxygen atoms in total. The zero-order valence-electron chi connectivity index (χ0n) is 20.6. The number of ether oxygens (including phenoxy) is 1. The SMILES string of the molecule is NC(=O)c1cc(-c2ccccc2)cc2c(C3CCN(S(=O)(=O)CCCOCC4CCC4)CC3)c[nH]c12. The normalized spacial score (nSPS) is 17.9. The van der Waals surface area contributed by atoms with E-state index in [1.807, 2.05) is 42.6 Å². The van der Waals surface area contributed by atoms with Gasteiger partial charge in [-0.2, -0.15) is 0 Å². The van der Waals surface area contributed by atoms with Gasteiger partial charge >= 0.3 is 0 Å². The second kappa shape index (κ2) is 10.7. The van der Waals surface area contributed by atoms with E-state index < -0.39 is 15.9 Å². The first-order valence-corrected chi connectivity index (χ1v) is 14.6. The van der Waals surface area contributed by atoms with Crippen molar-refractivity contribution in [1.82, 2.24) is 9.29 Å². The number of sulfonamides is 1. The van der Waals surface area contributed by atoms with Crippen LogP contribution in [0.3, 0.4) is 0 Å². The second-order valence-electron chi connectivity index (χ2n) is 10.1. The molecule has 2 aromatic carbocycles. The summed E-state index contributed by atoms with van der Waals surface area (Å²) in [5.74, 6) is 0.553. The Hall–Kier alpha value is -2.68. The first kappa shape index (κ1) is 25.0. The third kappa shape index (κ3) is 5.36. The van der Waals surface area contributed by atoms with E-state index >= 15 is 0 Å². The largest absolute Gasteiger partial charge is 0.381 e. The minimum atomic E-state index is -3.29. The predicted octanol–water partition coefficient (Wildman–Crippen LogP) is 4.65. The highest BCUT2D eigenvalue weighted by Crippen LogP contribution is 2.37. The van der Waals surface area contributed by atoms with Crippen molar-refractivity contribution in [1.29, 1.82) is 0 Å². The molecule has 8 heteroatoms. The third-order valence-electron chi connectivity index (χ3n) is 7.75. The van der Waals surface area contributed by atoms with Gasteiger partial charge in [0, 0.05) is 37.9 Å². The Morgan fingerprint density at radius 1 is 1.06 bits per heavy atom. The summed E-state index contributed by atoms with van der Waals surface area (Å²) >= 11 is 0. The van der Waals surface area contributed by atoms with Gasteiger partial charge in [-0.25, -0.2) is 12.7 Å². The first-order chi connectivity index (χ1) is 17.4. The minimum absolute atomic E-state index is 0.137. The predicted molar refractivity (Wildman–Crippen MR) is 142 cm³/mol. The van der Waals surface area contributed by atoms with Crippen molar-refractivity contribution in [3.63, 3.8) is 0 Å². The molecule has 0 radical (unpaired) electrons. The first-order valence-electron chi connectivity index (χ1n) is 13.0. The standard InChI is InChI=1S/C28H35N3O4S/c29-28(32)25-17-23(21-8-2-1-3-9-21)16-24-26(18-30-27(24)25)22-10-12-31(13-11-22)36(33,34)15-5-14-35-19-20-6-4-7-20/h1-3,8-9,16-18,20,22,30H,4-7,10-15,19H2,(H2,29,32). The molecular weight excluding hydrogens is 474 g/mol. The van der Waals surface area contributed by atoms with E-state index in [9.17, 15) is 13.2 Å². The molecule has 3 aromatic rings. The molecule has 1 aliphatic carbocycles. The number of carbonyl (C=O) groups excluding carboxylic acids is 1. The van der Waals surface area contributed by atoms with Gasteiger partial charge in [-0.1, -0.05) is 36.8 Å². The fraction of sp³-hybridized carbons (Fsp3) is 0.464. The number of benzene rings is 2. The second-order valence-corrected chi connectivity index (χ2v) is 12.2. The fourth-order valence-electron chi connectivity index (χ4n) is 5.41. The van der Waals surface area contributed by atoms with Crippen molar-refractivity contribution >= 4 is 26.8 Å². The van der Waals surface area contributed by atoms with Crippen LogP contribution in [0.4, 0.5) is 0 Å². The van der Waals surface area contributed by atoms with Crippen molar-refractivity contribution in [2.75, 3.05) is 32.1 Å². The van der Waals surface area contributed by atoms with Crippen molar-refractivity contribution < 1.29 is 17.9 Å². The van der Waals surface area contributed by atoms with Gasteiger partial charge in [0.1, 0.15) is 0 Å². The van der Waals surface area contributed by atoms with E-state index in [0.717, 1.165) is 47.0 Å². The third-order valence-corrected chi connectivity index (χ3v) is 9.71. The van der Waals surface area contributed by atoms with Crippen molar-refractivity contribution in [3.8, 4) is 11.1 Å². The molecule has 192 valence electrons. The van der Waals surface area contributed by atoms with Crippen LogP contribution >= 0.6 is 0 Å². The molecule has 2 fully saturated rings. The van der Waals surface area contributed by atoms with Crippen LogP contribution < -0.4 is 5.73 Å². The summed E-state index contributed by atoms with van der Waals surface area (Å²) in [5, 5.41) is 0.982. The van der Waals surface area contributed by atoms with Crippen molar-refractivity contribution in [2.24, 2.45) is 11.7 Å². The molecule has 2 aliphatic rings. The number of H-pyrrole nitrogens is 1. The quantitative estimate of drug-likeness (QED) is 0.388. The lowest BCUT2D eigenvalue weighted by molar-refractivity contribution is 0.0709. The number of fused-ring (bicyclic) bond motifs is 1. The number of nitrogens with two attached hydrogens (primary N) is 1. The van der Waals surface area contributed by atoms with Crippen LogP contribution in [0.5, 0.6) is 0 Å². The average molecular weight is 510 g/mol. The van der Waals surface area contributed by atoms with Crippen LogP contribution in [0.1, 0.15) is 60.4 Å². The molecule has 0 bridgehead atoms. The topological polar surface area (TPSA) is 105 Å². The van der Waals surface area contributed by atoms with Crippen LogP contribution in [0, 0.1) is 5.92 Å². The number of aromatic nitrogens is 1. The summed E-state index contributed by atoms with van der Waals surface area (Å²) in [6.45, 7) is 2.28. The molecule has 2 heterocycles. The molecule has 5 rings (SSSR count). The molecule has 0 atom stereocenters. The van der Waals surface area contributed by atoms with Crippen LogP contribution in [0.15, 0.2) is 48.7 Å². The van der Waals surface area contributed by atoms with Gasteiger partial charge in [-0.05, 0) is 72.8 Å². The van der Waals surface area contributed by atoms with Crippen LogP contribution in [-0.4, -0.2) is 55.7 Å². The Labute approximate surface area is 213 Å². The van der Waals surface area contributed by atoms with Crippen LogP contribution in [0.25, 0.3) is 22.0 Å². The maximum Gasteiger partial charge on any atom is 0.250 e. The number of nitrogens with one attached hydrogen (secondary N) is 1. The van der Waals surface area contributed by atoms with E-state index in [2.05, 4.69) is 11.1 Å². The molecule has 0 unspecified atom stereocenters. The number of carbonyl (C=O) groups is 1. The van der Waals surface area contributed by atoms with Crippen molar-refractivity contribution in [2.45, 2.75) is 44.4 Å². The van der Waals surface area contributed by atoms with E-state index in [4.69, 9.17) is 10.5 Å². The summed E-state index contributed by atoms with van der Waals surface area (Å²) in [6.07, 6.45) is 7.74. The van der Waals surface area contributed by atoms with E-state index in [1.54, 1.807) is 4.31 Å². The smallest absolute Gasteiger partial charge is 0.250 e. The zero-order chi connectivity index (χ0) is 25.1. The summed E-state index contributed by atoms with van der Waals surface area (Å²) in [5.41, 5.74) is 10.0. The Balaban J connectivity index is 1.26. The average Bonchev–Trinajstić information content (AvgIpc) is 3.29. The van der Waals surface area contributed by atoms with E-state index in [1.165, 1.54) is 19.3 Å². The van der Waals surface area contributed by atoms with Crippen molar-refractivity contribution in [3.05, 3.63) is 59.8 Å². The maximum atomic E-state index is 12.9. The maximum absolute atomic E-state index is 12.9. The lowest BCUT2D eigenvalue weighted by Gasteiger charge is -2.31. The van der Waals surface area contributed by atoms with Crippen LogP contribution in [0.2, 0.25) is 0 Å². The van der Waals surface area contributed by atoms with E-state index in [0.29, 0.717) is 37.6 Å². The zero-order valence-corrected chi connectivity index (χ0v) is 21.4. The van der Waals surface area contributed by atoms with Gasteiger partial charge in [0.2, 0.25) is 10.0 Å². The number of hydrogen-bond acceptors (Lipinski definition) is 4. The van der Waals surface area contributed by atoms with Gasteiger partial charge in [0.25, 0.3) is 5.91 Å². The molecule has 1 amide bonds. The monoisotopic (exact) mass is 509 g/mol. The lowest BCUT2D eigenvalue weighted by atomic mass is 9.86. The fourth-order valence-corrected chi connectivity index (χ4v) is 6.92. The van der Waals surface area contributed by atoms with E-state index in [-0.39, 0.29) is 11.7 Å². The van der Waals surface area contributed by atoms with Gasteiger partial charge in [-0.15, -0.1) is 0 Å². The Morgan fingerprint density at radius 3 is 2.47 bits per heavy atom.